The zero-order valence-corrected chi connectivity index (χ0v) is 17.1. The van der Waals surface area contributed by atoms with E-state index in [2.05, 4.69) is 41.7 Å². The third-order valence-corrected chi connectivity index (χ3v) is 6.25. The van der Waals surface area contributed by atoms with Gasteiger partial charge in [-0.1, -0.05) is 12.1 Å². The van der Waals surface area contributed by atoms with Crippen LogP contribution in [0.3, 0.4) is 0 Å². The monoisotopic (exact) mass is 419 g/mol. The summed E-state index contributed by atoms with van der Waals surface area (Å²) in [6, 6.07) is 8.39. The first-order chi connectivity index (χ1) is 14.8. The Morgan fingerprint density at radius 1 is 1.17 bits per heavy atom. The van der Waals surface area contributed by atoms with Gasteiger partial charge in [0.25, 0.3) is 5.91 Å². The SMILES string of the molecule is O=C(NC1CCN(c2snc3ccccc23)CC1)c1cn(Cc2cnccn2)cn1. The van der Waals surface area contributed by atoms with E-state index < -0.39 is 0 Å². The number of aromatic nitrogens is 5. The standard InChI is InChI=1S/C21H21N7OS/c29-20(19-13-27(14-24-19)12-16-11-22-7-8-23-16)25-15-5-9-28(10-6-15)21-17-3-1-2-4-18(17)26-30-21/h1-4,7-8,11,13-15H,5-6,9-10,12H2,(H,25,29). The fourth-order valence-electron chi connectivity index (χ4n) is 3.75. The van der Waals surface area contributed by atoms with Gasteiger partial charge in [-0.2, -0.15) is 4.37 Å². The summed E-state index contributed by atoms with van der Waals surface area (Å²) in [6.45, 7) is 2.34. The third kappa shape index (κ3) is 3.88. The highest BCUT2D eigenvalue weighted by Gasteiger charge is 2.24. The number of fused-ring (bicyclic) bond motifs is 1. The predicted molar refractivity (Wildman–Crippen MR) is 116 cm³/mol. The molecule has 8 nitrogen and oxygen atoms in total. The largest absolute Gasteiger partial charge is 0.362 e. The lowest BCUT2D eigenvalue weighted by atomic mass is 10.0. The fraction of sp³-hybridized carbons (Fsp3) is 0.286. The van der Waals surface area contributed by atoms with Gasteiger partial charge in [0, 0.05) is 43.1 Å². The molecular weight excluding hydrogens is 398 g/mol. The van der Waals surface area contributed by atoms with Crippen molar-refractivity contribution in [2.75, 3.05) is 18.0 Å². The number of carbonyl (C=O) groups is 1. The van der Waals surface area contributed by atoms with Crippen LogP contribution in [0, 0.1) is 0 Å². The molecule has 1 amide bonds. The maximum atomic E-state index is 12.6. The van der Waals surface area contributed by atoms with Crippen LogP contribution in [-0.4, -0.2) is 48.9 Å². The van der Waals surface area contributed by atoms with Crippen LogP contribution < -0.4 is 10.2 Å². The van der Waals surface area contributed by atoms with Gasteiger partial charge < -0.3 is 14.8 Å². The zero-order chi connectivity index (χ0) is 20.3. The normalized spacial score (nSPS) is 14.9. The van der Waals surface area contributed by atoms with Crippen molar-refractivity contribution < 1.29 is 4.79 Å². The lowest BCUT2D eigenvalue weighted by molar-refractivity contribution is 0.0926. The van der Waals surface area contributed by atoms with Crippen LogP contribution in [0.5, 0.6) is 0 Å². The Balaban J connectivity index is 1.17. The second kappa shape index (κ2) is 8.19. The summed E-state index contributed by atoms with van der Waals surface area (Å²) in [5, 5.41) is 5.56. The van der Waals surface area contributed by atoms with Crippen LogP contribution in [-0.2, 0) is 6.54 Å². The lowest BCUT2D eigenvalue weighted by Gasteiger charge is -2.32. The van der Waals surface area contributed by atoms with E-state index in [0.29, 0.717) is 12.2 Å². The molecule has 152 valence electrons. The van der Waals surface area contributed by atoms with Gasteiger partial charge in [-0.25, -0.2) is 4.98 Å². The van der Waals surface area contributed by atoms with E-state index >= 15 is 0 Å². The molecule has 1 aromatic carbocycles. The van der Waals surface area contributed by atoms with Gasteiger partial charge in [-0.05, 0) is 36.5 Å². The van der Waals surface area contributed by atoms with Gasteiger partial charge in [0.05, 0.1) is 30.3 Å². The van der Waals surface area contributed by atoms with Crippen molar-refractivity contribution in [1.29, 1.82) is 0 Å². The van der Waals surface area contributed by atoms with Gasteiger partial charge >= 0.3 is 0 Å². The molecule has 4 aromatic rings. The van der Waals surface area contributed by atoms with E-state index in [-0.39, 0.29) is 11.9 Å². The van der Waals surface area contributed by atoms with E-state index in [1.165, 1.54) is 10.4 Å². The number of amides is 1. The molecule has 0 bridgehead atoms. The van der Waals surface area contributed by atoms with Gasteiger partial charge in [-0.3, -0.25) is 14.8 Å². The summed E-state index contributed by atoms with van der Waals surface area (Å²) in [6.07, 6.45) is 10.2. The van der Waals surface area contributed by atoms with Crippen molar-refractivity contribution in [3.63, 3.8) is 0 Å². The number of nitrogens with zero attached hydrogens (tertiary/aromatic N) is 6. The Morgan fingerprint density at radius 2 is 2.03 bits per heavy atom. The third-order valence-electron chi connectivity index (χ3n) is 5.31. The number of hydrogen-bond donors (Lipinski definition) is 1. The van der Waals surface area contributed by atoms with Crippen molar-refractivity contribution in [3.8, 4) is 0 Å². The van der Waals surface area contributed by atoms with E-state index in [1.807, 2.05) is 16.7 Å². The Labute approximate surface area is 177 Å². The Bertz CT molecular complexity index is 1150. The van der Waals surface area contributed by atoms with Gasteiger partial charge in [-0.15, -0.1) is 0 Å². The molecule has 0 saturated carbocycles. The molecule has 30 heavy (non-hydrogen) atoms. The van der Waals surface area contributed by atoms with Crippen molar-refractivity contribution in [2.24, 2.45) is 0 Å². The van der Waals surface area contributed by atoms with E-state index in [1.54, 1.807) is 42.6 Å². The first kappa shape index (κ1) is 18.7. The average Bonchev–Trinajstić information content (AvgIpc) is 3.42. The predicted octanol–water partition coefficient (Wildman–Crippen LogP) is 2.73. The summed E-state index contributed by atoms with van der Waals surface area (Å²) in [5.74, 6) is -0.130. The summed E-state index contributed by atoms with van der Waals surface area (Å²) >= 11 is 1.55. The molecule has 1 aliphatic heterocycles. The Morgan fingerprint density at radius 3 is 2.87 bits per heavy atom. The molecule has 0 unspecified atom stereocenters. The molecular formula is C21H21N7OS. The van der Waals surface area contributed by atoms with E-state index in [4.69, 9.17) is 0 Å². The molecule has 0 spiro atoms. The quantitative estimate of drug-likeness (QED) is 0.535. The Kier molecular flexibility index (Phi) is 5.10. The van der Waals surface area contributed by atoms with Gasteiger partial charge in [0.15, 0.2) is 0 Å². The number of anilines is 1. The van der Waals surface area contributed by atoms with Crippen LogP contribution in [0.4, 0.5) is 5.00 Å². The molecule has 1 aliphatic rings. The number of nitrogens with one attached hydrogen (secondary N) is 1. The number of rotatable bonds is 5. The molecule has 4 heterocycles. The minimum absolute atomic E-state index is 0.130. The molecule has 1 saturated heterocycles. The summed E-state index contributed by atoms with van der Waals surface area (Å²) in [5.41, 5.74) is 2.30. The van der Waals surface area contributed by atoms with Crippen molar-refractivity contribution in [1.82, 2.24) is 29.2 Å². The van der Waals surface area contributed by atoms with E-state index in [9.17, 15) is 4.79 Å². The molecule has 1 N–H and O–H groups in total. The fourth-order valence-corrected chi connectivity index (χ4v) is 4.67. The number of piperidine rings is 1. The zero-order valence-electron chi connectivity index (χ0n) is 16.3. The maximum Gasteiger partial charge on any atom is 0.271 e. The summed E-state index contributed by atoms with van der Waals surface area (Å²) in [7, 11) is 0. The van der Waals surface area contributed by atoms with Crippen molar-refractivity contribution >= 4 is 33.3 Å². The molecule has 1 fully saturated rings. The highest BCUT2D eigenvalue weighted by molar-refractivity contribution is 7.11. The summed E-state index contributed by atoms with van der Waals surface area (Å²) < 4.78 is 6.39. The molecule has 5 rings (SSSR count). The van der Waals surface area contributed by atoms with Crippen molar-refractivity contribution in [2.45, 2.75) is 25.4 Å². The number of carbonyl (C=O) groups excluding carboxylic acids is 1. The maximum absolute atomic E-state index is 12.6. The summed E-state index contributed by atoms with van der Waals surface area (Å²) in [4.78, 5) is 27.6. The number of benzene rings is 1. The lowest BCUT2D eigenvalue weighted by Crippen LogP contribution is -2.44. The smallest absolute Gasteiger partial charge is 0.271 e. The molecule has 0 atom stereocenters. The minimum Gasteiger partial charge on any atom is -0.362 e. The second-order valence-corrected chi connectivity index (χ2v) is 8.12. The molecule has 3 aromatic heterocycles. The van der Waals surface area contributed by atoms with Crippen LogP contribution in [0.25, 0.3) is 10.9 Å². The first-order valence-electron chi connectivity index (χ1n) is 9.93. The average molecular weight is 420 g/mol. The van der Waals surface area contributed by atoms with Crippen LogP contribution >= 0.6 is 11.5 Å². The molecule has 0 aliphatic carbocycles. The highest BCUT2D eigenvalue weighted by Crippen LogP contribution is 2.32. The number of imidazole rings is 1. The Hall–Kier alpha value is -3.33. The van der Waals surface area contributed by atoms with Gasteiger partial charge in [0.1, 0.15) is 10.7 Å². The van der Waals surface area contributed by atoms with Crippen LogP contribution in [0.2, 0.25) is 0 Å². The van der Waals surface area contributed by atoms with E-state index in [0.717, 1.165) is 37.1 Å². The van der Waals surface area contributed by atoms with Crippen LogP contribution in [0.15, 0.2) is 55.4 Å². The van der Waals surface area contributed by atoms with Crippen molar-refractivity contribution in [3.05, 3.63) is 66.8 Å². The molecule has 0 radical (unpaired) electrons. The number of hydrogen-bond acceptors (Lipinski definition) is 7. The topological polar surface area (TPSA) is 88.8 Å². The molecule has 9 heteroatoms. The first-order valence-corrected chi connectivity index (χ1v) is 10.7. The highest BCUT2D eigenvalue weighted by atomic mass is 32.1. The van der Waals surface area contributed by atoms with Crippen LogP contribution in [0.1, 0.15) is 29.0 Å². The second-order valence-electron chi connectivity index (χ2n) is 7.37. The van der Waals surface area contributed by atoms with Gasteiger partial charge in [0.2, 0.25) is 0 Å². The minimum atomic E-state index is -0.130.